The third kappa shape index (κ3) is 3.49. The van der Waals surface area contributed by atoms with Crippen LogP contribution in [0.25, 0.3) is 0 Å². The average Bonchev–Trinajstić information content (AvgIpc) is 2.33. The minimum atomic E-state index is -4.82. The Kier molecular flexibility index (Phi) is 4.30. The Labute approximate surface area is 124 Å². The molecule has 0 saturated heterocycles. The maximum atomic E-state index is 12.2. The standard InChI is InChI=1S/C14H14F3NO4/c1-18(12(19)10-5-6-11(10)13(20)21)8-3-2-4-9(7-8)22-14(15,16)17/h2-4,7,10-11H,5-6H2,1H3,(H,20,21). The van der Waals surface area contributed by atoms with Gasteiger partial charge in [-0.3, -0.25) is 9.59 Å². The summed E-state index contributed by atoms with van der Waals surface area (Å²) in [6.45, 7) is 0. The molecule has 1 aliphatic carbocycles. The number of hydrogen-bond acceptors (Lipinski definition) is 3. The number of rotatable bonds is 4. The van der Waals surface area contributed by atoms with E-state index >= 15 is 0 Å². The van der Waals surface area contributed by atoms with Gasteiger partial charge in [-0.1, -0.05) is 6.07 Å². The van der Waals surface area contributed by atoms with Crippen LogP contribution in [0.3, 0.4) is 0 Å². The molecule has 1 aromatic carbocycles. The molecule has 22 heavy (non-hydrogen) atoms. The molecule has 120 valence electrons. The minimum absolute atomic E-state index is 0.211. The molecule has 1 saturated carbocycles. The van der Waals surface area contributed by atoms with Crippen LogP contribution in [-0.2, 0) is 9.59 Å². The molecule has 2 unspecified atom stereocenters. The SMILES string of the molecule is CN(C(=O)C1CCC1C(=O)O)c1cccc(OC(F)(F)F)c1. The number of anilines is 1. The quantitative estimate of drug-likeness (QED) is 0.927. The highest BCUT2D eigenvalue weighted by Crippen LogP contribution is 2.37. The summed E-state index contributed by atoms with van der Waals surface area (Å²) in [5.41, 5.74) is 0.211. The molecular formula is C14H14F3NO4. The Morgan fingerprint density at radius 2 is 1.91 bits per heavy atom. The molecule has 1 fully saturated rings. The normalized spacial score (nSPS) is 20.9. The second-order valence-corrected chi connectivity index (χ2v) is 5.07. The Morgan fingerprint density at radius 1 is 1.27 bits per heavy atom. The van der Waals surface area contributed by atoms with Crippen LogP contribution in [0.1, 0.15) is 12.8 Å². The number of carbonyl (C=O) groups excluding carboxylic acids is 1. The van der Waals surface area contributed by atoms with Gasteiger partial charge in [0, 0.05) is 18.8 Å². The fourth-order valence-electron chi connectivity index (χ4n) is 2.36. The number of carboxylic acid groups (broad SMARTS) is 1. The van der Waals surface area contributed by atoms with Crippen molar-refractivity contribution in [2.45, 2.75) is 19.2 Å². The molecule has 1 aliphatic rings. The molecule has 5 nitrogen and oxygen atoms in total. The summed E-state index contributed by atoms with van der Waals surface area (Å²) in [5, 5.41) is 8.96. The second-order valence-electron chi connectivity index (χ2n) is 5.07. The number of hydrogen-bond donors (Lipinski definition) is 1. The van der Waals surface area contributed by atoms with Gasteiger partial charge in [0.15, 0.2) is 0 Å². The van der Waals surface area contributed by atoms with Crippen molar-refractivity contribution in [3.8, 4) is 5.75 Å². The Bertz CT molecular complexity index is 588. The first-order chi connectivity index (χ1) is 10.2. The minimum Gasteiger partial charge on any atom is -0.481 e. The van der Waals surface area contributed by atoms with Crippen molar-refractivity contribution < 1.29 is 32.6 Å². The number of ether oxygens (including phenoxy) is 1. The van der Waals surface area contributed by atoms with Crippen LogP contribution in [0.4, 0.5) is 18.9 Å². The summed E-state index contributed by atoms with van der Waals surface area (Å²) >= 11 is 0. The molecule has 8 heteroatoms. The lowest BCUT2D eigenvalue weighted by atomic mass is 9.73. The summed E-state index contributed by atoms with van der Waals surface area (Å²) in [6.07, 6.45) is -3.93. The van der Waals surface area contributed by atoms with Crippen LogP contribution in [0.5, 0.6) is 5.75 Å². The smallest absolute Gasteiger partial charge is 0.481 e. The first-order valence-electron chi connectivity index (χ1n) is 6.55. The van der Waals surface area contributed by atoms with Gasteiger partial charge >= 0.3 is 12.3 Å². The van der Waals surface area contributed by atoms with Crippen LogP contribution >= 0.6 is 0 Å². The van der Waals surface area contributed by atoms with E-state index in [4.69, 9.17) is 5.11 Å². The largest absolute Gasteiger partial charge is 0.573 e. The zero-order chi connectivity index (χ0) is 16.5. The molecule has 0 heterocycles. The fraction of sp³-hybridized carbons (Fsp3) is 0.429. The zero-order valence-corrected chi connectivity index (χ0v) is 11.6. The number of halogens is 3. The molecule has 2 atom stereocenters. The van der Waals surface area contributed by atoms with Crippen molar-refractivity contribution in [1.29, 1.82) is 0 Å². The van der Waals surface area contributed by atoms with E-state index in [-0.39, 0.29) is 5.69 Å². The van der Waals surface area contributed by atoms with E-state index in [0.717, 1.165) is 17.0 Å². The number of carboxylic acids is 1. The van der Waals surface area contributed by atoms with E-state index in [1.807, 2.05) is 0 Å². The molecule has 0 radical (unpaired) electrons. The van der Waals surface area contributed by atoms with Gasteiger partial charge in [-0.15, -0.1) is 13.2 Å². The number of carbonyl (C=O) groups is 2. The lowest BCUT2D eigenvalue weighted by Crippen LogP contribution is -2.44. The van der Waals surface area contributed by atoms with Gasteiger partial charge in [-0.25, -0.2) is 0 Å². The lowest BCUT2D eigenvalue weighted by molar-refractivity contribution is -0.274. The average molecular weight is 317 g/mol. The number of amides is 1. The van der Waals surface area contributed by atoms with Crippen LogP contribution in [-0.4, -0.2) is 30.4 Å². The third-order valence-electron chi connectivity index (χ3n) is 3.68. The lowest BCUT2D eigenvalue weighted by Gasteiger charge is -2.35. The maximum Gasteiger partial charge on any atom is 0.573 e. The summed E-state index contributed by atoms with van der Waals surface area (Å²) < 4.78 is 40.4. The molecule has 0 aromatic heterocycles. The van der Waals surface area contributed by atoms with Gasteiger partial charge in [0.25, 0.3) is 0 Å². The van der Waals surface area contributed by atoms with E-state index in [9.17, 15) is 22.8 Å². The van der Waals surface area contributed by atoms with Crippen molar-refractivity contribution in [3.05, 3.63) is 24.3 Å². The second kappa shape index (κ2) is 5.86. The van der Waals surface area contributed by atoms with Gasteiger partial charge in [0.1, 0.15) is 5.75 Å². The number of alkyl halides is 3. The molecule has 0 bridgehead atoms. The molecule has 1 aromatic rings. The van der Waals surface area contributed by atoms with Crippen molar-refractivity contribution in [3.63, 3.8) is 0 Å². The van der Waals surface area contributed by atoms with Gasteiger partial charge in [-0.05, 0) is 25.0 Å². The van der Waals surface area contributed by atoms with Gasteiger partial charge in [0.2, 0.25) is 5.91 Å². The maximum absolute atomic E-state index is 12.2. The van der Waals surface area contributed by atoms with Crippen LogP contribution < -0.4 is 9.64 Å². The summed E-state index contributed by atoms with van der Waals surface area (Å²) in [7, 11) is 1.40. The highest BCUT2D eigenvalue weighted by Gasteiger charge is 2.42. The summed E-state index contributed by atoms with van der Waals surface area (Å²) in [5.74, 6) is -3.28. The topological polar surface area (TPSA) is 66.8 Å². The highest BCUT2D eigenvalue weighted by atomic mass is 19.4. The van der Waals surface area contributed by atoms with E-state index in [1.165, 1.54) is 19.2 Å². The Morgan fingerprint density at radius 3 is 2.41 bits per heavy atom. The van der Waals surface area contributed by atoms with Gasteiger partial charge in [-0.2, -0.15) is 0 Å². The van der Waals surface area contributed by atoms with Gasteiger partial charge in [0.05, 0.1) is 11.8 Å². The van der Waals surface area contributed by atoms with Crippen molar-refractivity contribution in [2.24, 2.45) is 11.8 Å². The molecule has 0 aliphatic heterocycles. The monoisotopic (exact) mass is 317 g/mol. The molecule has 1 amide bonds. The predicted octanol–water partition coefficient (Wildman–Crippen LogP) is 2.66. The zero-order valence-electron chi connectivity index (χ0n) is 11.6. The Hall–Kier alpha value is -2.25. The van der Waals surface area contributed by atoms with E-state index in [1.54, 1.807) is 0 Å². The van der Waals surface area contributed by atoms with Crippen LogP contribution in [0.2, 0.25) is 0 Å². The fourth-order valence-corrected chi connectivity index (χ4v) is 2.36. The summed E-state index contributed by atoms with van der Waals surface area (Å²) in [6, 6.07) is 4.99. The highest BCUT2D eigenvalue weighted by molar-refractivity contribution is 5.97. The Balaban J connectivity index is 2.12. The first-order valence-corrected chi connectivity index (χ1v) is 6.55. The van der Waals surface area contributed by atoms with Gasteiger partial charge < -0.3 is 14.7 Å². The number of benzene rings is 1. The molecule has 2 rings (SSSR count). The molecular weight excluding hydrogens is 303 g/mol. The summed E-state index contributed by atoms with van der Waals surface area (Å²) in [4.78, 5) is 24.3. The van der Waals surface area contributed by atoms with E-state index in [0.29, 0.717) is 12.8 Å². The van der Waals surface area contributed by atoms with Crippen molar-refractivity contribution in [1.82, 2.24) is 0 Å². The third-order valence-corrected chi connectivity index (χ3v) is 3.68. The number of aliphatic carboxylic acids is 1. The van der Waals surface area contributed by atoms with E-state index < -0.39 is 35.8 Å². The molecule has 0 spiro atoms. The number of nitrogens with zero attached hydrogens (tertiary/aromatic N) is 1. The predicted molar refractivity (Wildman–Crippen MR) is 70.4 cm³/mol. The van der Waals surface area contributed by atoms with E-state index in [2.05, 4.69) is 4.74 Å². The van der Waals surface area contributed by atoms with Crippen LogP contribution in [0.15, 0.2) is 24.3 Å². The van der Waals surface area contributed by atoms with Crippen LogP contribution in [0, 0.1) is 11.8 Å². The molecule has 1 N–H and O–H groups in total. The van der Waals surface area contributed by atoms with Crippen molar-refractivity contribution >= 4 is 17.6 Å². The van der Waals surface area contributed by atoms with Crippen molar-refractivity contribution in [2.75, 3.05) is 11.9 Å². The first kappa shape index (κ1) is 16.1.